The number of carbonyl (C=O) groups is 1. The van der Waals surface area contributed by atoms with Gasteiger partial charge in [-0.1, -0.05) is 0 Å². The van der Waals surface area contributed by atoms with E-state index in [0.29, 0.717) is 5.92 Å². The number of nitrogens with zero attached hydrogens (tertiary/aromatic N) is 3. The lowest BCUT2D eigenvalue weighted by molar-refractivity contribution is 0.0691. The average Bonchev–Trinajstić information content (AvgIpc) is 3.10. The Balaban J connectivity index is 1.70. The van der Waals surface area contributed by atoms with Crippen LogP contribution in [0.2, 0.25) is 0 Å². The molecule has 22 heavy (non-hydrogen) atoms. The van der Waals surface area contributed by atoms with Gasteiger partial charge in [-0.15, -0.1) is 0 Å². The molecule has 1 amide bonds. The maximum Gasteiger partial charge on any atom is 0.257 e. The number of anilines is 1. The van der Waals surface area contributed by atoms with E-state index in [1.807, 2.05) is 24.1 Å². The van der Waals surface area contributed by atoms with Gasteiger partial charge in [0.2, 0.25) is 0 Å². The fourth-order valence-corrected chi connectivity index (χ4v) is 3.54. The maximum absolute atomic E-state index is 12.9. The molecular formula is C17H26N4O. The number of pyridine rings is 1. The summed E-state index contributed by atoms with van der Waals surface area (Å²) >= 11 is 0. The van der Waals surface area contributed by atoms with Gasteiger partial charge in [0.25, 0.3) is 5.91 Å². The Morgan fingerprint density at radius 2 is 2.00 bits per heavy atom. The van der Waals surface area contributed by atoms with Crippen LogP contribution >= 0.6 is 0 Å². The summed E-state index contributed by atoms with van der Waals surface area (Å²) in [5.74, 6) is 1.72. The van der Waals surface area contributed by atoms with Crippen LogP contribution in [-0.4, -0.2) is 55.6 Å². The minimum Gasteiger partial charge on any atom is -0.356 e. The van der Waals surface area contributed by atoms with Gasteiger partial charge in [-0.05, 0) is 57.3 Å². The lowest BCUT2D eigenvalue weighted by Gasteiger charge is -2.32. The molecule has 0 aromatic carbocycles. The molecule has 1 aromatic heterocycles. The number of nitrogens with one attached hydrogen (secondary N) is 1. The van der Waals surface area contributed by atoms with Gasteiger partial charge in [-0.25, -0.2) is 4.98 Å². The summed E-state index contributed by atoms with van der Waals surface area (Å²) in [5, 5.41) is 3.24. The Hall–Kier alpha value is -1.62. The highest BCUT2D eigenvalue weighted by molar-refractivity contribution is 5.99. The lowest BCUT2D eigenvalue weighted by Crippen LogP contribution is -2.41. The third-order valence-electron chi connectivity index (χ3n) is 4.82. The number of hydrogen-bond acceptors (Lipinski definition) is 4. The third-order valence-corrected chi connectivity index (χ3v) is 4.82. The predicted octanol–water partition coefficient (Wildman–Crippen LogP) is 1.75. The molecule has 1 N–H and O–H groups in total. The molecule has 2 fully saturated rings. The second-order valence-electron chi connectivity index (χ2n) is 6.36. The Bertz CT molecular complexity index is 505. The highest BCUT2D eigenvalue weighted by Gasteiger charge is 2.27. The molecule has 5 heteroatoms. The van der Waals surface area contributed by atoms with Crippen molar-refractivity contribution in [1.82, 2.24) is 15.2 Å². The van der Waals surface area contributed by atoms with Gasteiger partial charge >= 0.3 is 0 Å². The van der Waals surface area contributed by atoms with Crippen molar-refractivity contribution >= 4 is 11.7 Å². The molecule has 0 unspecified atom stereocenters. The fraction of sp³-hybridized carbons (Fsp3) is 0.647. The van der Waals surface area contributed by atoms with Crippen LogP contribution in [-0.2, 0) is 0 Å². The molecule has 2 aliphatic heterocycles. The van der Waals surface area contributed by atoms with E-state index in [4.69, 9.17) is 0 Å². The molecule has 5 nitrogen and oxygen atoms in total. The summed E-state index contributed by atoms with van der Waals surface area (Å²) in [5.41, 5.74) is 0.775. The zero-order chi connectivity index (χ0) is 15.4. The van der Waals surface area contributed by atoms with Gasteiger partial charge in [0.1, 0.15) is 5.82 Å². The molecule has 0 saturated carbocycles. The number of amides is 1. The standard InChI is InChI=1S/C17H26N4O/c1-18-13-14-6-11-21(12-7-14)17(22)15-5-4-8-19-16(15)20-9-2-3-10-20/h4-5,8,14,18H,2-3,6-7,9-13H2,1H3. The van der Waals surface area contributed by atoms with Crippen molar-refractivity contribution in [3.05, 3.63) is 23.9 Å². The van der Waals surface area contributed by atoms with Gasteiger partial charge in [0.05, 0.1) is 5.56 Å². The summed E-state index contributed by atoms with van der Waals surface area (Å²) in [6.45, 7) is 4.80. The molecular weight excluding hydrogens is 276 g/mol. The van der Waals surface area contributed by atoms with Crippen LogP contribution in [0.15, 0.2) is 18.3 Å². The molecule has 3 heterocycles. The predicted molar refractivity (Wildman–Crippen MR) is 88.2 cm³/mol. The normalized spacial score (nSPS) is 19.7. The molecule has 120 valence electrons. The number of aromatic nitrogens is 1. The van der Waals surface area contributed by atoms with Crippen molar-refractivity contribution in [3.63, 3.8) is 0 Å². The van der Waals surface area contributed by atoms with E-state index in [-0.39, 0.29) is 5.91 Å². The molecule has 2 saturated heterocycles. The summed E-state index contributed by atoms with van der Waals surface area (Å²) in [7, 11) is 2.00. The van der Waals surface area contributed by atoms with E-state index in [0.717, 1.165) is 56.9 Å². The zero-order valence-corrected chi connectivity index (χ0v) is 13.4. The minimum absolute atomic E-state index is 0.151. The van der Waals surface area contributed by atoms with Crippen LogP contribution in [0.25, 0.3) is 0 Å². The molecule has 0 spiro atoms. The Labute approximate surface area is 132 Å². The van der Waals surface area contributed by atoms with Gasteiger partial charge in [-0.2, -0.15) is 0 Å². The molecule has 3 rings (SSSR count). The van der Waals surface area contributed by atoms with Gasteiger partial charge < -0.3 is 15.1 Å². The quantitative estimate of drug-likeness (QED) is 0.920. The third kappa shape index (κ3) is 3.24. The van der Waals surface area contributed by atoms with Crippen molar-refractivity contribution in [1.29, 1.82) is 0 Å². The van der Waals surface area contributed by atoms with E-state index in [2.05, 4.69) is 15.2 Å². The number of carbonyl (C=O) groups excluding carboxylic acids is 1. The van der Waals surface area contributed by atoms with Crippen molar-refractivity contribution in [2.45, 2.75) is 25.7 Å². The Kier molecular flexibility index (Phi) is 4.93. The first kappa shape index (κ1) is 15.3. The molecule has 1 aromatic rings. The topological polar surface area (TPSA) is 48.5 Å². The Morgan fingerprint density at radius 3 is 2.68 bits per heavy atom. The van der Waals surface area contributed by atoms with Gasteiger partial charge in [0.15, 0.2) is 0 Å². The summed E-state index contributed by atoms with van der Waals surface area (Å²) in [6, 6.07) is 3.81. The van der Waals surface area contributed by atoms with E-state index < -0.39 is 0 Å². The monoisotopic (exact) mass is 302 g/mol. The first-order valence-electron chi connectivity index (χ1n) is 8.43. The van der Waals surface area contributed by atoms with Crippen LogP contribution < -0.4 is 10.2 Å². The summed E-state index contributed by atoms with van der Waals surface area (Å²) in [4.78, 5) is 21.6. The van der Waals surface area contributed by atoms with Crippen molar-refractivity contribution in [2.24, 2.45) is 5.92 Å². The lowest BCUT2D eigenvalue weighted by atomic mass is 9.96. The van der Waals surface area contributed by atoms with E-state index in [9.17, 15) is 4.79 Å². The van der Waals surface area contributed by atoms with Gasteiger partial charge in [-0.3, -0.25) is 4.79 Å². The maximum atomic E-state index is 12.9. The smallest absolute Gasteiger partial charge is 0.257 e. The number of hydrogen-bond donors (Lipinski definition) is 1. The van der Waals surface area contributed by atoms with Crippen LogP contribution in [0, 0.1) is 5.92 Å². The van der Waals surface area contributed by atoms with Crippen molar-refractivity contribution in [2.75, 3.05) is 44.7 Å². The van der Waals surface area contributed by atoms with Crippen LogP contribution in [0.5, 0.6) is 0 Å². The first-order chi connectivity index (χ1) is 10.8. The van der Waals surface area contributed by atoms with E-state index in [1.165, 1.54) is 12.8 Å². The van der Waals surface area contributed by atoms with E-state index >= 15 is 0 Å². The fourth-order valence-electron chi connectivity index (χ4n) is 3.54. The zero-order valence-electron chi connectivity index (χ0n) is 13.4. The second-order valence-corrected chi connectivity index (χ2v) is 6.36. The molecule has 0 aliphatic carbocycles. The molecule has 0 atom stereocenters. The van der Waals surface area contributed by atoms with Crippen LogP contribution in [0.3, 0.4) is 0 Å². The SMILES string of the molecule is CNCC1CCN(C(=O)c2cccnc2N2CCCC2)CC1. The number of rotatable bonds is 4. The number of piperidine rings is 1. The molecule has 0 radical (unpaired) electrons. The first-order valence-corrected chi connectivity index (χ1v) is 8.43. The molecule has 2 aliphatic rings. The largest absolute Gasteiger partial charge is 0.356 e. The van der Waals surface area contributed by atoms with Crippen LogP contribution in [0.4, 0.5) is 5.82 Å². The average molecular weight is 302 g/mol. The summed E-state index contributed by atoms with van der Waals surface area (Å²) in [6.07, 6.45) is 6.36. The number of likely N-dealkylation sites (tertiary alicyclic amines) is 1. The highest BCUT2D eigenvalue weighted by atomic mass is 16.2. The second kappa shape index (κ2) is 7.09. The Morgan fingerprint density at radius 1 is 1.27 bits per heavy atom. The highest BCUT2D eigenvalue weighted by Crippen LogP contribution is 2.25. The van der Waals surface area contributed by atoms with E-state index in [1.54, 1.807) is 6.20 Å². The minimum atomic E-state index is 0.151. The van der Waals surface area contributed by atoms with Crippen molar-refractivity contribution in [3.8, 4) is 0 Å². The van der Waals surface area contributed by atoms with Gasteiger partial charge in [0, 0.05) is 32.4 Å². The van der Waals surface area contributed by atoms with Crippen LogP contribution in [0.1, 0.15) is 36.0 Å². The van der Waals surface area contributed by atoms with Crippen molar-refractivity contribution < 1.29 is 4.79 Å². The molecule has 0 bridgehead atoms. The summed E-state index contributed by atoms with van der Waals surface area (Å²) < 4.78 is 0.